The number of pyridine rings is 1. The van der Waals surface area contributed by atoms with Crippen molar-refractivity contribution < 1.29 is 4.79 Å². The molecule has 0 atom stereocenters. The Kier molecular flexibility index (Phi) is 5.58. The van der Waals surface area contributed by atoms with E-state index < -0.39 is 0 Å². The van der Waals surface area contributed by atoms with E-state index in [2.05, 4.69) is 38.2 Å². The number of piperazine rings is 1. The zero-order valence-corrected chi connectivity index (χ0v) is 21.3. The quantitative estimate of drug-likeness (QED) is 0.452. The Morgan fingerprint density at radius 3 is 2.59 bits per heavy atom. The molecule has 4 aromatic heterocycles. The second-order valence-electron chi connectivity index (χ2n) is 10.7. The SMILES string of the molecule is CN1CCN([C@H]2C[C@@H](Nc3ncc4c(-c5ccc6ncc(C(=O)N7CCCC7)n6c5)ccn4n3)C2)CC1. The van der Waals surface area contributed by atoms with Gasteiger partial charge in [0.2, 0.25) is 5.95 Å². The summed E-state index contributed by atoms with van der Waals surface area (Å²) in [6, 6.07) is 7.16. The average Bonchev–Trinajstić information content (AvgIpc) is 3.65. The Hall–Kier alpha value is -3.50. The van der Waals surface area contributed by atoms with Gasteiger partial charge in [-0.15, -0.1) is 5.10 Å². The van der Waals surface area contributed by atoms with Gasteiger partial charge in [0.05, 0.1) is 17.9 Å². The van der Waals surface area contributed by atoms with Crippen molar-refractivity contribution in [2.24, 2.45) is 0 Å². The van der Waals surface area contributed by atoms with Gasteiger partial charge >= 0.3 is 0 Å². The van der Waals surface area contributed by atoms with Crippen molar-refractivity contribution in [1.82, 2.24) is 38.7 Å². The van der Waals surface area contributed by atoms with Crippen LogP contribution in [0.2, 0.25) is 0 Å². The zero-order chi connectivity index (χ0) is 24.9. The van der Waals surface area contributed by atoms with E-state index in [0.717, 1.165) is 74.2 Å². The van der Waals surface area contributed by atoms with Crippen LogP contribution in [0.3, 0.4) is 0 Å². The second kappa shape index (κ2) is 9.11. The standard InChI is InChI=1S/C27H33N9O/c1-32-10-12-33(13-11-32)21-14-20(15-21)30-27-29-16-23-22(6-9-36(23)31-27)19-4-5-25-28-17-24(35(25)18-19)26(37)34-7-2-3-8-34/h4-6,9,16-18,20-21H,2-3,7-8,10-15H2,1H3,(H,30,31)/t20-,21+. The molecule has 1 amide bonds. The summed E-state index contributed by atoms with van der Waals surface area (Å²) < 4.78 is 3.79. The van der Waals surface area contributed by atoms with E-state index in [1.165, 1.54) is 13.1 Å². The van der Waals surface area contributed by atoms with E-state index in [1.54, 1.807) is 6.20 Å². The van der Waals surface area contributed by atoms with Gasteiger partial charge in [0.15, 0.2) is 0 Å². The number of nitrogens with zero attached hydrogens (tertiary/aromatic N) is 8. The second-order valence-corrected chi connectivity index (χ2v) is 10.7. The predicted octanol–water partition coefficient (Wildman–Crippen LogP) is 2.47. The van der Waals surface area contributed by atoms with Gasteiger partial charge in [-0.05, 0) is 50.9 Å². The average molecular weight is 500 g/mol. The number of carbonyl (C=O) groups excluding carboxylic acids is 1. The van der Waals surface area contributed by atoms with Crippen LogP contribution in [0.25, 0.3) is 22.3 Å². The van der Waals surface area contributed by atoms with Crippen molar-refractivity contribution in [3.8, 4) is 11.1 Å². The summed E-state index contributed by atoms with van der Waals surface area (Å²) in [6.45, 7) is 6.30. The summed E-state index contributed by atoms with van der Waals surface area (Å²) in [7, 11) is 2.20. The molecule has 0 aromatic carbocycles. The number of likely N-dealkylation sites (tertiary alicyclic amines) is 1. The summed E-state index contributed by atoms with van der Waals surface area (Å²) >= 11 is 0. The van der Waals surface area contributed by atoms with Gasteiger partial charge < -0.3 is 15.1 Å². The number of fused-ring (bicyclic) bond motifs is 2. The molecule has 0 spiro atoms. The number of aromatic nitrogens is 5. The third-order valence-corrected chi connectivity index (χ3v) is 8.35. The summed E-state index contributed by atoms with van der Waals surface area (Å²) in [5.74, 6) is 0.717. The smallest absolute Gasteiger partial charge is 0.272 e. The van der Waals surface area contributed by atoms with Crippen molar-refractivity contribution in [1.29, 1.82) is 0 Å². The van der Waals surface area contributed by atoms with Crippen LogP contribution in [-0.2, 0) is 0 Å². The largest absolute Gasteiger partial charge is 0.350 e. The molecule has 1 saturated carbocycles. The van der Waals surface area contributed by atoms with E-state index in [0.29, 0.717) is 23.7 Å². The van der Waals surface area contributed by atoms with E-state index in [-0.39, 0.29) is 5.91 Å². The molecular weight excluding hydrogens is 466 g/mol. The lowest BCUT2D eigenvalue weighted by Crippen LogP contribution is -2.55. The van der Waals surface area contributed by atoms with Crippen LogP contribution < -0.4 is 5.32 Å². The monoisotopic (exact) mass is 499 g/mol. The minimum atomic E-state index is 0.0498. The van der Waals surface area contributed by atoms with Crippen LogP contribution in [0.15, 0.2) is 43.0 Å². The molecule has 1 N–H and O–H groups in total. The fourth-order valence-corrected chi connectivity index (χ4v) is 5.96. The highest BCUT2D eigenvalue weighted by Gasteiger charge is 2.35. The van der Waals surface area contributed by atoms with E-state index in [4.69, 9.17) is 5.10 Å². The van der Waals surface area contributed by atoms with Crippen LogP contribution in [0, 0.1) is 0 Å². The van der Waals surface area contributed by atoms with E-state index in [9.17, 15) is 4.79 Å². The fraction of sp³-hybridized carbons (Fsp3) is 0.481. The first-order valence-corrected chi connectivity index (χ1v) is 13.4. The molecule has 6 heterocycles. The van der Waals surface area contributed by atoms with Crippen LogP contribution >= 0.6 is 0 Å². The van der Waals surface area contributed by atoms with Crippen molar-refractivity contribution in [2.45, 2.75) is 37.8 Å². The number of likely N-dealkylation sites (N-methyl/N-ethyl adjacent to an activating group) is 1. The third-order valence-electron chi connectivity index (χ3n) is 8.35. The van der Waals surface area contributed by atoms with Crippen molar-refractivity contribution in [2.75, 3.05) is 51.6 Å². The summed E-state index contributed by atoms with van der Waals surface area (Å²) in [4.78, 5) is 29.1. The van der Waals surface area contributed by atoms with Crippen molar-refractivity contribution in [3.05, 3.63) is 48.7 Å². The molecule has 7 rings (SSSR count). The van der Waals surface area contributed by atoms with Gasteiger partial charge in [-0.2, -0.15) is 0 Å². The first kappa shape index (κ1) is 22.7. The Balaban J connectivity index is 1.07. The Labute approximate surface area is 215 Å². The molecule has 2 aliphatic heterocycles. The fourth-order valence-electron chi connectivity index (χ4n) is 5.96. The number of rotatable bonds is 5. The number of nitrogens with one attached hydrogen (secondary N) is 1. The topological polar surface area (TPSA) is 86.3 Å². The van der Waals surface area contributed by atoms with Crippen LogP contribution in [0.5, 0.6) is 0 Å². The Morgan fingerprint density at radius 2 is 1.78 bits per heavy atom. The molecule has 3 aliphatic rings. The highest BCUT2D eigenvalue weighted by molar-refractivity contribution is 5.93. The maximum Gasteiger partial charge on any atom is 0.272 e. The maximum atomic E-state index is 13.0. The minimum absolute atomic E-state index is 0.0498. The normalized spacial score (nSPS) is 23.1. The van der Waals surface area contributed by atoms with Crippen LogP contribution in [-0.4, -0.2) is 103 Å². The zero-order valence-electron chi connectivity index (χ0n) is 21.3. The molecule has 37 heavy (non-hydrogen) atoms. The minimum Gasteiger partial charge on any atom is -0.350 e. The van der Waals surface area contributed by atoms with Gasteiger partial charge in [-0.3, -0.25) is 14.1 Å². The molecular formula is C27H33N9O. The maximum absolute atomic E-state index is 13.0. The molecule has 2 saturated heterocycles. The molecule has 4 aromatic rings. The lowest BCUT2D eigenvalue weighted by molar-refractivity contribution is 0.0656. The molecule has 10 heteroatoms. The summed E-state index contributed by atoms with van der Waals surface area (Å²) in [5.41, 5.74) is 4.34. The molecule has 0 unspecified atom stereocenters. The highest BCUT2D eigenvalue weighted by atomic mass is 16.2. The molecule has 192 valence electrons. The molecule has 0 bridgehead atoms. The highest BCUT2D eigenvalue weighted by Crippen LogP contribution is 2.30. The van der Waals surface area contributed by atoms with Crippen LogP contribution in [0.1, 0.15) is 36.2 Å². The van der Waals surface area contributed by atoms with Crippen molar-refractivity contribution >= 4 is 23.0 Å². The predicted molar refractivity (Wildman–Crippen MR) is 142 cm³/mol. The number of hydrogen-bond acceptors (Lipinski definition) is 7. The number of carbonyl (C=O) groups is 1. The first-order valence-electron chi connectivity index (χ1n) is 13.4. The van der Waals surface area contributed by atoms with Crippen molar-refractivity contribution in [3.63, 3.8) is 0 Å². The lowest BCUT2D eigenvalue weighted by Gasteiger charge is -2.46. The van der Waals surface area contributed by atoms with Crippen LogP contribution in [0.4, 0.5) is 5.95 Å². The van der Waals surface area contributed by atoms with Gasteiger partial charge in [-0.1, -0.05) is 0 Å². The van der Waals surface area contributed by atoms with E-state index >= 15 is 0 Å². The molecule has 1 aliphatic carbocycles. The Morgan fingerprint density at radius 1 is 0.973 bits per heavy atom. The summed E-state index contributed by atoms with van der Waals surface area (Å²) in [5, 5.41) is 8.27. The first-order chi connectivity index (χ1) is 18.1. The van der Waals surface area contributed by atoms with Gasteiger partial charge in [0, 0.05) is 74.9 Å². The molecule has 3 fully saturated rings. The van der Waals surface area contributed by atoms with Gasteiger partial charge in [-0.25, -0.2) is 14.5 Å². The number of anilines is 1. The number of hydrogen-bond donors (Lipinski definition) is 1. The molecule has 0 radical (unpaired) electrons. The Bertz CT molecular complexity index is 1440. The van der Waals surface area contributed by atoms with Gasteiger partial charge in [0.25, 0.3) is 5.91 Å². The summed E-state index contributed by atoms with van der Waals surface area (Å²) in [6.07, 6.45) is 12.0. The number of amides is 1. The third kappa shape index (κ3) is 4.14. The van der Waals surface area contributed by atoms with Gasteiger partial charge in [0.1, 0.15) is 11.3 Å². The lowest BCUT2D eigenvalue weighted by atomic mass is 9.85. The molecule has 10 nitrogen and oxygen atoms in total. The van der Waals surface area contributed by atoms with E-state index in [1.807, 2.05) is 44.5 Å². The number of imidazole rings is 1.